The van der Waals surface area contributed by atoms with Gasteiger partial charge in [-0.15, -0.1) is 0 Å². The number of thioether (sulfide) groups is 1. The molecule has 0 aliphatic rings. The van der Waals surface area contributed by atoms with Crippen molar-refractivity contribution in [2.45, 2.75) is 19.1 Å². The van der Waals surface area contributed by atoms with Crippen LogP contribution in [0.3, 0.4) is 0 Å². The average Bonchev–Trinajstić information content (AvgIpc) is 2.36. The second-order valence-corrected chi connectivity index (χ2v) is 5.02. The van der Waals surface area contributed by atoms with Crippen molar-refractivity contribution in [2.75, 3.05) is 18.1 Å². The van der Waals surface area contributed by atoms with Crippen molar-refractivity contribution in [1.82, 2.24) is 0 Å². The normalized spacial score (nSPS) is 12.3. The zero-order chi connectivity index (χ0) is 13.2. The van der Waals surface area contributed by atoms with Crippen LogP contribution in [-0.2, 0) is 16.1 Å². The van der Waals surface area contributed by atoms with Gasteiger partial charge < -0.3 is 14.9 Å². The summed E-state index contributed by atoms with van der Waals surface area (Å²) >= 11 is 1.43. The van der Waals surface area contributed by atoms with Crippen LogP contribution < -0.4 is 0 Å². The van der Waals surface area contributed by atoms with Gasteiger partial charge in [-0.25, -0.2) is 0 Å². The number of hydrogen-bond acceptors (Lipinski definition) is 4. The van der Waals surface area contributed by atoms with Crippen molar-refractivity contribution in [3.05, 3.63) is 35.9 Å². The lowest BCUT2D eigenvalue weighted by atomic mass is 10.2. The number of hydrogen-bond donors (Lipinski definition) is 2. The maximum absolute atomic E-state index is 10.3. The Kier molecular flexibility index (Phi) is 7.48. The second-order valence-electron chi connectivity index (χ2n) is 3.87. The summed E-state index contributed by atoms with van der Waals surface area (Å²) in [7, 11) is 0. The summed E-state index contributed by atoms with van der Waals surface area (Å²) in [5.41, 5.74) is 1.07. The van der Waals surface area contributed by atoms with Crippen LogP contribution in [0.4, 0.5) is 0 Å². The van der Waals surface area contributed by atoms with Gasteiger partial charge in [-0.2, -0.15) is 11.8 Å². The van der Waals surface area contributed by atoms with Crippen molar-refractivity contribution in [1.29, 1.82) is 0 Å². The lowest BCUT2D eigenvalue weighted by Crippen LogP contribution is -2.18. The summed E-state index contributed by atoms with van der Waals surface area (Å²) in [5.74, 6) is 0.213. The van der Waals surface area contributed by atoms with Crippen molar-refractivity contribution in [2.24, 2.45) is 0 Å². The van der Waals surface area contributed by atoms with E-state index in [1.165, 1.54) is 11.8 Å². The Morgan fingerprint density at radius 3 is 2.72 bits per heavy atom. The Hall–Kier alpha value is -1.04. The smallest absolute Gasteiger partial charge is 0.304 e. The van der Waals surface area contributed by atoms with E-state index in [2.05, 4.69) is 0 Å². The van der Waals surface area contributed by atoms with Crippen LogP contribution in [0.25, 0.3) is 0 Å². The van der Waals surface area contributed by atoms with E-state index in [-0.39, 0.29) is 13.0 Å². The molecule has 2 N–H and O–H groups in total. The summed E-state index contributed by atoms with van der Waals surface area (Å²) in [6, 6.07) is 9.76. The molecule has 4 nitrogen and oxygen atoms in total. The predicted molar refractivity (Wildman–Crippen MR) is 71.7 cm³/mol. The highest BCUT2D eigenvalue weighted by Crippen LogP contribution is 2.06. The molecule has 0 amide bonds. The molecule has 0 spiro atoms. The lowest BCUT2D eigenvalue weighted by Gasteiger charge is -2.10. The van der Waals surface area contributed by atoms with Crippen molar-refractivity contribution < 1.29 is 19.7 Å². The first kappa shape index (κ1) is 15.0. The number of aliphatic hydroxyl groups is 1. The molecular weight excluding hydrogens is 252 g/mol. The molecule has 0 saturated carbocycles. The molecular formula is C13H18O4S. The van der Waals surface area contributed by atoms with E-state index in [1.807, 2.05) is 30.3 Å². The van der Waals surface area contributed by atoms with Crippen molar-refractivity contribution >= 4 is 17.7 Å². The molecule has 1 aromatic rings. The molecule has 0 aliphatic carbocycles. The molecule has 0 aliphatic heterocycles. The van der Waals surface area contributed by atoms with Gasteiger partial charge in [-0.3, -0.25) is 4.79 Å². The number of rotatable bonds is 9. The van der Waals surface area contributed by atoms with E-state index in [4.69, 9.17) is 9.84 Å². The summed E-state index contributed by atoms with van der Waals surface area (Å²) in [4.78, 5) is 10.3. The topological polar surface area (TPSA) is 66.8 Å². The molecule has 0 saturated heterocycles. The number of aliphatic hydroxyl groups excluding tert-OH is 1. The highest BCUT2D eigenvalue weighted by atomic mass is 32.2. The van der Waals surface area contributed by atoms with Crippen LogP contribution in [0.15, 0.2) is 30.3 Å². The first-order chi connectivity index (χ1) is 8.68. The van der Waals surface area contributed by atoms with Crippen LogP contribution in [0.5, 0.6) is 0 Å². The summed E-state index contributed by atoms with van der Waals surface area (Å²) in [6.45, 7) is 0.757. The monoisotopic (exact) mass is 270 g/mol. The highest BCUT2D eigenvalue weighted by molar-refractivity contribution is 7.99. The molecule has 1 aromatic carbocycles. The highest BCUT2D eigenvalue weighted by Gasteiger charge is 2.05. The van der Waals surface area contributed by atoms with Crippen LogP contribution in [0.1, 0.15) is 12.0 Å². The largest absolute Gasteiger partial charge is 0.481 e. The van der Waals surface area contributed by atoms with Crippen LogP contribution in [0.2, 0.25) is 0 Å². The fourth-order valence-corrected chi connectivity index (χ4v) is 2.17. The fourth-order valence-electron chi connectivity index (χ4n) is 1.31. The van der Waals surface area contributed by atoms with Gasteiger partial charge in [0.05, 0.1) is 25.7 Å². The standard InChI is InChI=1S/C13H18O4S/c14-12(10-18-7-6-13(15)16)9-17-8-11-4-2-1-3-5-11/h1-5,12,14H,6-10H2,(H,15,16). The minimum atomic E-state index is -0.808. The molecule has 1 unspecified atom stereocenters. The SMILES string of the molecule is O=C(O)CCSCC(O)COCc1ccccc1. The van der Waals surface area contributed by atoms with Crippen LogP contribution in [-0.4, -0.2) is 40.4 Å². The maximum atomic E-state index is 10.3. The van der Waals surface area contributed by atoms with E-state index in [0.29, 0.717) is 18.1 Å². The van der Waals surface area contributed by atoms with Crippen LogP contribution in [0, 0.1) is 0 Å². The minimum absolute atomic E-state index is 0.127. The number of carboxylic acid groups (broad SMARTS) is 1. The predicted octanol–water partition coefficient (Wildman–Crippen LogP) is 1.77. The van der Waals surface area contributed by atoms with E-state index < -0.39 is 12.1 Å². The average molecular weight is 270 g/mol. The molecule has 1 atom stereocenters. The Labute approximate surface area is 111 Å². The molecule has 5 heteroatoms. The third kappa shape index (κ3) is 7.32. The first-order valence-electron chi connectivity index (χ1n) is 5.77. The lowest BCUT2D eigenvalue weighted by molar-refractivity contribution is -0.136. The van der Waals surface area contributed by atoms with Crippen molar-refractivity contribution in [3.63, 3.8) is 0 Å². The Balaban J connectivity index is 2.03. The Morgan fingerprint density at radius 2 is 2.06 bits per heavy atom. The summed E-state index contributed by atoms with van der Waals surface area (Å²) in [6.07, 6.45) is -0.421. The molecule has 0 heterocycles. The molecule has 0 aromatic heterocycles. The van der Waals surface area contributed by atoms with Gasteiger partial charge in [-0.1, -0.05) is 30.3 Å². The number of ether oxygens (including phenoxy) is 1. The van der Waals surface area contributed by atoms with Gasteiger partial charge in [-0.05, 0) is 5.56 Å². The molecule has 1 rings (SSSR count). The van der Waals surface area contributed by atoms with Gasteiger partial charge >= 0.3 is 5.97 Å². The quantitative estimate of drug-likeness (QED) is 0.669. The van der Waals surface area contributed by atoms with Gasteiger partial charge in [0.25, 0.3) is 0 Å². The first-order valence-corrected chi connectivity index (χ1v) is 6.93. The zero-order valence-electron chi connectivity index (χ0n) is 10.1. The third-order valence-corrected chi connectivity index (χ3v) is 3.31. The van der Waals surface area contributed by atoms with Gasteiger partial charge in [0, 0.05) is 11.5 Å². The Morgan fingerprint density at radius 1 is 1.33 bits per heavy atom. The van der Waals surface area contributed by atoms with Gasteiger partial charge in [0.15, 0.2) is 0 Å². The van der Waals surface area contributed by atoms with Gasteiger partial charge in [0.2, 0.25) is 0 Å². The third-order valence-electron chi connectivity index (χ3n) is 2.19. The summed E-state index contributed by atoms with van der Waals surface area (Å²) < 4.78 is 5.38. The molecule has 0 radical (unpaired) electrons. The van der Waals surface area contributed by atoms with E-state index in [1.54, 1.807) is 0 Å². The molecule has 0 bridgehead atoms. The Bertz CT molecular complexity index is 342. The number of aliphatic carboxylic acids is 1. The number of benzene rings is 1. The maximum Gasteiger partial charge on any atom is 0.304 e. The molecule has 0 fully saturated rings. The summed E-state index contributed by atoms with van der Waals surface area (Å²) in [5, 5.41) is 18.0. The number of carbonyl (C=O) groups is 1. The fraction of sp³-hybridized carbons (Fsp3) is 0.462. The van der Waals surface area contributed by atoms with E-state index in [9.17, 15) is 9.90 Å². The zero-order valence-corrected chi connectivity index (χ0v) is 10.9. The molecule has 18 heavy (non-hydrogen) atoms. The van der Waals surface area contributed by atoms with E-state index in [0.717, 1.165) is 5.56 Å². The minimum Gasteiger partial charge on any atom is -0.481 e. The second kappa shape index (κ2) is 8.97. The van der Waals surface area contributed by atoms with Gasteiger partial charge in [0.1, 0.15) is 0 Å². The number of carboxylic acids is 1. The van der Waals surface area contributed by atoms with Crippen LogP contribution >= 0.6 is 11.8 Å². The van der Waals surface area contributed by atoms with E-state index >= 15 is 0 Å². The van der Waals surface area contributed by atoms with Crippen molar-refractivity contribution in [3.8, 4) is 0 Å². The molecule has 100 valence electrons.